The molecule has 1 aliphatic carbocycles. The van der Waals surface area contributed by atoms with Gasteiger partial charge in [-0.05, 0) is 25.0 Å². The van der Waals surface area contributed by atoms with Crippen molar-refractivity contribution in [3.63, 3.8) is 0 Å². The highest BCUT2D eigenvalue weighted by atomic mass is 32.2. The zero-order chi connectivity index (χ0) is 13.9. The molecule has 1 aliphatic rings. The van der Waals surface area contributed by atoms with Crippen molar-refractivity contribution in [2.75, 3.05) is 14.1 Å². The van der Waals surface area contributed by atoms with E-state index in [1.54, 1.807) is 6.07 Å². The molecule has 0 aromatic carbocycles. The van der Waals surface area contributed by atoms with Crippen LogP contribution in [0, 0.1) is 0 Å². The maximum Gasteiger partial charge on any atom is 0.275 e. The molecule has 0 radical (unpaired) electrons. The Labute approximate surface area is 113 Å². The van der Waals surface area contributed by atoms with Gasteiger partial charge in [-0.15, -0.1) is 0 Å². The Balaban J connectivity index is 1.87. The number of rotatable bonds is 6. The predicted molar refractivity (Wildman–Crippen MR) is 69.8 cm³/mol. The van der Waals surface area contributed by atoms with Crippen molar-refractivity contribution in [2.24, 2.45) is 0 Å². The topological polar surface area (TPSA) is 71.8 Å². The number of sulfonamides is 1. The number of hydroxylamine groups is 1. The van der Waals surface area contributed by atoms with E-state index in [-0.39, 0.29) is 11.2 Å². The molecule has 0 atom stereocenters. The SMILES string of the molecule is CN(C)S(=O)(=O)c1ccc(CNOC2CCCC2)o1. The van der Waals surface area contributed by atoms with E-state index < -0.39 is 10.0 Å². The predicted octanol–water partition coefficient (Wildman–Crippen LogP) is 1.49. The summed E-state index contributed by atoms with van der Waals surface area (Å²) in [6.07, 6.45) is 4.83. The summed E-state index contributed by atoms with van der Waals surface area (Å²) in [6.45, 7) is 0.361. The van der Waals surface area contributed by atoms with Gasteiger partial charge in [0.05, 0.1) is 12.6 Å². The van der Waals surface area contributed by atoms with Crippen molar-refractivity contribution in [1.82, 2.24) is 9.79 Å². The van der Waals surface area contributed by atoms with Crippen molar-refractivity contribution in [3.8, 4) is 0 Å². The van der Waals surface area contributed by atoms with Gasteiger partial charge in [0.25, 0.3) is 10.0 Å². The maximum atomic E-state index is 11.8. The second kappa shape index (κ2) is 6.04. The summed E-state index contributed by atoms with van der Waals surface area (Å²) >= 11 is 0. The van der Waals surface area contributed by atoms with Crippen LogP contribution in [0.15, 0.2) is 21.6 Å². The van der Waals surface area contributed by atoms with Gasteiger partial charge in [0, 0.05) is 14.1 Å². The summed E-state index contributed by atoms with van der Waals surface area (Å²) in [7, 11) is -0.556. The number of nitrogens with one attached hydrogen (secondary N) is 1. The third kappa shape index (κ3) is 3.56. The van der Waals surface area contributed by atoms with Crippen LogP contribution in [0.25, 0.3) is 0 Å². The zero-order valence-electron chi connectivity index (χ0n) is 11.3. The molecule has 1 heterocycles. The first kappa shape index (κ1) is 14.5. The molecule has 2 rings (SSSR count). The smallest absolute Gasteiger partial charge is 0.275 e. The fraction of sp³-hybridized carbons (Fsp3) is 0.667. The molecule has 0 amide bonds. The number of hydrogen-bond acceptors (Lipinski definition) is 5. The lowest BCUT2D eigenvalue weighted by Crippen LogP contribution is -2.22. The Kier molecular flexibility index (Phi) is 4.62. The van der Waals surface area contributed by atoms with Crippen molar-refractivity contribution in [1.29, 1.82) is 0 Å². The third-order valence-corrected chi connectivity index (χ3v) is 4.86. The van der Waals surface area contributed by atoms with Gasteiger partial charge in [0.1, 0.15) is 5.76 Å². The van der Waals surface area contributed by atoms with Gasteiger partial charge in [0.15, 0.2) is 0 Å². The first-order valence-corrected chi connectivity index (χ1v) is 7.84. The number of nitrogens with zero attached hydrogens (tertiary/aromatic N) is 1. The van der Waals surface area contributed by atoms with Crippen LogP contribution in [0.3, 0.4) is 0 Å². The zero-order valence-corrected chi connectivity index (χ0v) is 12.1. The molecule has 1 N–H and O–H groups in total. The van der Waals surface area contributed by atoms with E-state index in [1.807, 2.05) is 0 Å². The van der Waals surface area contributed by atoms with Crippen molar-refractivity contribution in [3.05, 3.63) is 17.9 Å². The Morgan fingerprint density at radius 2 is 2.05 bits per heavy atom. The van der Waals surface area contributed by atoms with E-state index >= 15 is 0 Å². The lowest BCUT2D eigenvalue weighted by Gasteiger charge is -2.10. The molecule has 0 unspecified atom stereocenters. The third-order valence-electron chi connectivity index (χ3n) is 3.17. The molecular formula is C12H20N2O4S. The minimum Gasteiger partial charge on any atom is -0.447 e. The normalized spacial score (nSPS) is 17.4. The number of hydrogen-bond donors (Lipinski definition) is 1. The molecule has 0 aliphatic heterocycles. The Morgan fingerprint density at radius 1 is 1.37 bits per heavy atom. The fourth-order valence-corrected chi connectivity index (χ4v) is 2.82. The van der Waals surface area contributed by atoms with Crippen LogP contribution in [-0.2, 0) is 21.4 Å². The number of furan rings is 1. The Hall–Kier alpha value is -0.890. The van der Waals surface area contributed by atoms with Crippen LogP contribution in [0.5, 0.6) is 0 Å². The van der Waals surface area contributed by atoms with Gasteiger partial charge in [-0.2, -0.15) is 5.48 Å². The molecule has 0 spiro atoms. The minimum atomic E-state index is -3.50. The molecule has 108 valence electrons. The molecule has 1 fully saturated rings. The lowest BCUT2D eigenvalue weighted by molar-refractivity contribution is -0.0271. The molecule has 7 heteroatoms. The summed E-state index contributed by atoms with van der Waals surface area (Å²) in [5, 5.41) is -0.0461. The monoisotopic (exact) mass is 288 g/mol. The van der Waals surface area contributed by atoms with Crippen LogP contribution in [-0.4, -0.2) is 32.9 Å². The van der Waals surface area contributed by atoms with Gasteiger partial charge in [-0.25, -0.2) is 12.7 Å². The molecule has 1 aromatic heterocycles. The van der Waals surface area contributed by atoms with Crippen molar-refractivity contribution in [2.45, 2.75) is 43.4 Å². The highest BCUT2D eigenvalue weighted by Crippen LogP contribution is 2.20. The van der Waals surface area contributed by atoms with E-state index in [0.29, 0.717) is 12.3 Å². The summed E-state index contributed by atoms with van der Waals surface area (Å²) < 4.78 is 30.0. The van der Waals surface area contributed by atoms with Crippen LogP contribution in [0.4, 0.5) is 0 Å². The van der Waals surface area contributed by atoms with Gasteiger partial charge >= 0.3 is 0 Å². The highest BCUT2D eigenvalue weighted by molar-refractivity contribution is 7.88. The largest absolute Gasteiger partial charge is 0.447 e. The minimum absolute atomic E-state index is 0.0461. The summed E-state index contributed by atoms with van der Waals surface area (Å²) in [4.78, 5) is 5.48. The lowest BCUT2D eigenvalue weighted by atomic mass is 10.3. The second-order valence-corrected chi connectivity index (χ2v) is 6.94. The molecule has 1 saturated carbocycles. The summed E-state index contributed by atoms with van der Waals surface area (Å²) in [6, 6.07) is 3.10. The standard InChI is InChI=1S/C12H20N2O4S/c1-14(2)19(15,16)12-8-7-11(17-12)9-13-18-10-5-3-4-6-10/h7-8,10,13H,3-6,9H2,1-2H3. The molecule has 0 saturated heterocycles. The Bertz CT molecular complexity index is 504. The fourth-order valence-electron chi connectivity index (χ4n) is 2.01. The first-order chi connectivity index (χ1) is 9.00. The van der Waals surface area contributed by atoms with E-state index in [4.69, 9.17) is 9.25 Å². The summed E-state index contributed by atoms with van der Waals surface area (Å²) in [5.41, 5.74) is 2.84. The average Bonchev–Trinajstić information content (AvgIpc) is 2.99. The van der Waals surface area contributed by atoms with Crippen LogP contribution < -0.4 is 5.48 Å². The summed E-state index contributed by atoms with van der Waals surface area (Å²) in [5.74, 6) is 0.540. The van der Waals surface area contributed by atoms with Crippen LogP contribution in [0.2, 0.25) is 0 Å². The van der Waals surface area contributed by atoms with Crippen LogP contribution in [0.1, 0.15) is 31.4 Å². The first-order valence-electron chi connectivity index (χ1n) is 6.40. The maximum absolute atomic E-state index is 11.8. The quantitative estimate of drug-likeness (QED) is 0.803. The molecule has 6 nitrogen and oxygen atoms in total. The highest BCUT2D eigenvalue weighted by Gasteiger charge is 2.21. The van der Waals surface area contributed by atoms with Gasteiger partial charge in [-0.1, -0.05) is 12.8 Å². The van der Waals surface area contributed by atoms with Gasteiger partial charge in [-0.3, -0.25) is 4.84 Å². The van der Waals surface area contributed by atoms with Crippen molar-refractivity contribution >= 4 is 10.0 Å². The van der Waals surface area contributed by atoms with E-state index in [9.17, 15) is 8.42 Å². The Morgan fingerprint density at radius 3 is 2.68 bits per heavy atom. The van der Waals surface area contributed by atoms with Crippen molar-refractivity contribution < 1.29 is 17.7 Å². The van der Waals surface area contributed by atoms with E-state index in [1.165, 1.54) is 33.0 Å². The molecule has 19 heavy (non-hydrogen) atoms. The molecule has 0 bridgehead atoms. The van der Waals surface area contributed by atoms with Gasteiger partial charge in [0.2, 0.25) is 5.09 Å². The van der Waals surface area contributed by atoms with Crippen LogP contribution >= 0.6 is 0 Å². The average molecular weight is 288 g/mol. The van der Waals surface area contributed by atoms with E-state index in [0.717, 1.165) is 17.1 Å². The van der Waals surface area contributed by atoms with Gasteiger partial charge < -0.3 is 4.42 Å². The van der Waals surface area contributed by atoms with E-state index in [2.05, 4.69) is 5.48 Å². The molecular weight excluding hydrogens is 268 g/mol. The second-order valence-electron chi connectivity index (χ2n) is 4.85. The molecule has 1 aromatic rings.